The van der Waals surface area contributed by atoms with Gasteiger partial charge in [-0.25, -0.2) is 9.99 Å². The monoisotopic (exact) mass is 304 g/mol. The van der Waals surface area contributed by atoms with E-state index in [0.717, 1.165) is 18.6 Å². The highest BCUT2D eigenvalue weighted by Gasteiger charge is 2.07. The maximum Gasteiger partial charge on any atom is 0.277 e. The molecule has 0 saturated heterocycles. The van der Waals surface area contributed by atoms with Crippen molar-refractivity contribution in [1.82, 2.24) is 5.43 Å². The van der Waals surface area contributed by atoms with Gasteiger partial charge >= 0.3 is 0 Å². The Hall–Kier alpha value is -1.71. The van der Waals surface area contributed by atoms with E-state index in [1.165, 1.54) is 38.5 Å². The number of hydrogen-bond donors (Lipinski definition) is 1. The van der Waals surface area contributed by atoms with Gasteiger partial charge in [0.1, 0.15) is 12.6 Å². The van der Waals surface area contributed by atoms with Crippen LogP contribution in [0.15, 0.2) is 29.6 Å². The van der Waals surface area contributed by atoms with Gasteiger partial charge in [0.25, 0.3) is 5.91 Å². The molecule has 4 nitrogen and oxygen atoms in total. The summed E-state index contributed by atoms with van der Waals surface area (Å²) in [7, 11) is 1.89. The summed E-state index contributed by atoms with van der Waals surface area (Å²) in [6.07, 6.45) is 13.7. The summed E-state index contributed by atoms with van der Waals surface area (Å²) in [5, 5.41) is 4.19. The van der Waals surface area contributed by atoms with Crippen molar-refractivity contribution < 1.29 is 9.36 Å². The van der Waals surface area contributed by atoms with E-state index in [1.54, 1.807) is 12.3 Å². The molecule has 0 aromatic carbocycles. The zero-order chi connectivity index (χ0) is 16.2. The van der Waals surface area contributed by atoms with Crippen LogP contribution in [0.1, 0.15) is 75.6 Å². The Labute approximate surface area is 134 Å². The van der Waals surface area contributed by atoms with Crippen LogP contribution < -0.4 is 9.99 Å². The van der Waals surface area contributed by atoms with Crippen LogP contribution in [0.4, 0.5) is 0 Å². The lowest BCUT2D eigenvalue weighted by Crippen LogP contribution is -2.30. The van der Waals surface area contributed by atoms with Crippen molar-refractivity contribution in [2.75, 3.05) is 0 Å². The summed E-state index contributed by atoms with van der Waals surface area (Å²) in [5.41, 5.74) is 4.24. The Bertz CT molecular complexity index is 483. The van der Waals surface area contributed by atoms with Gasteiger partial charge in [0.15, 0.2) is 12.4 Å². The Morgan fingerprint density at radius 3 is 2.55 bits per heavy atom. The topological polar surface area (TPSA) is 45.3 Å². The van der Waals surface area contributed by atoms with E-state index in [9.17, 15) is 4.79 Å². The van der Waals surface area contributed by atoms with Gasteiger partial charge in [-0.2, -0.15) is 5.10 Å². The lowest BCUT2D eigenvalue weighted by atomic mass is 10.1. The molecule has 0 atom stereocenters. The first-order valence-corrected chi connectivity index (χ1v) is 8.42. The summed E-state index contributed by atoms with van der Waals surface area (Å²) in [6.45, 7) is 4.21. The van der Waals surface area contributed by atoms with Crippen LogP contribution in [0.25, 0.3) is 0 Å². The van der Waals surface area contributed by atoms with Gasteiger partial charge < -0.3 is 0 Å². The van der Waals surface area contributed by atoms with Gasteiger partial charge in [0, 0.05) is 11.8 Å². The van der Waals surface area contributed by atoms with E-state index < -0.39 is 0 Å². The van der Waals surface area contributed by atoms with E-state index in [-0.39, 0.29) is 5.91 Å². The van der Waals surface area contributed by atoms with Crippen molar-refractivity contribution >= 4 is 11.6 Å². The second kappa shape index (κ2) is 10.9. The fourth-order valence-electron chi connectivity index (χ4n) is 2.33. The number of amides is 1. The molecule has 1 amide bonds. The number of carbonyl (C=O) groups is 1. The van der Waals surface area contributed by atoms with Gasteiger partial charge in [-0.3, -0.25) is 4.79 Å². The number of carbonyl (C=O) groups excluding carboxylic acids is 1. The molecule has 1 heterocycles. The Morgan fingerprint density at radius 2 is 1.86 bits per heavy atom. The van der Waals surface area contributed by atoms with Crippen LogP contribution >= 0.6 is 0 Å². The lowest BCUT2D eigenvalue weighted by Gasteiger charge is -2.03. The third-order valence-electron chi connectivity index (χ3n) is 3.69. The first kappa shape index (κ1) is 18.3. The van der Waals surface area contributed by atoms with Crippen molar-refractivity contribution in [3.63, 3.8) is 0 Å². The Balaban J connectivity index is 2.21. The van der Waals surface area contributed by atoms with Gasteiger partial charge in [-0.15, -0.1) is 0 Å². The average Bonchev–Trinajstić information content (AvgIpc) is 2.51. The average molecular weight is 304 g/mol. The van der Waals surface area contributed by atoms with E-state index >= 15 is 0 Å². The van der Waals surface area contributed by atoms with Crippen LogP contribution in [0.2, 0.25) is 0 Å². The molecule has 22 heavy (non-hydrogen) atoms. The predicted octanol–water partition coefficient (Wildman–Crippen LogP) is 3.76. The molecule has 1 aromatic heterocycles. The number of nitrogens with zero attached hydrogens (tertiary/aromatic N) is 2. The summed E-state index contributed by atoms with van der Waals surface area (Å²) < 4.78 is 1.85. The summed E-state index contributed by atoms with van der Waals surface area (Å²) in [5.74, 6) is -0.157. The van der Waals surface area contributed by atoms with E-state index in [4.69, 9.17) is 0 Å². The molecule has 0 bridgehead atoms. The molecule has 122 valence electrons. The van der Waals surface area contributed by atoms with Crippen LogP contribution in [0, 0.1) is 0 Å². The lowest BCUT2D eigenvalue weighted by molar-refractivity contribution is -0.671. The highest BCUT2D eigenvalue weighted by molar-refractivity contribution is 5.94. The van der Waals surface area contributed by atoms with Crippen molar-refractivity contribution in [2.24, 2.45) is 12.1 Å². The number of aromatic nitrogens is 1. The van der Waals surface area contributed by atoms with Gasteiger partial charge in [0.05, 0.1) is 0 Å². The van der Waals surface area contributed by atoms with Gasteiger partial charge in [-0.05, 0) is 25.8 Å². The number of nitrogens with one attached hydrogen (secondary N) is 1. The predicted molar refractivity (Wildman–Crippen MR) is 90.8 cm³/mol. The molecule has 0 radical (unpaired) electrons. The summed E-state index contributed by atoms with van der Waals surface area (Å²) in [4.78, 5) is 11.9. The molecule has 4 heteroatoms. The van der Waals surface area contributed by atoms with Crippen LogP contribution in [-0.4, -0.2) is 11.6 Å². The quantitative estimate of drug-likeness (QED) is 0.304. The second-order valence-corrected chi connectivity index (χ2v) is 5.92. The Kier molecular flexibility index (Phi) is 9.12. The van der Waals surface area contributed by atoms with Gasteiger partial charge in [-0.1, -0.05) is 45.4 Å². The largest absolute Gasteiger partial charge is 0.277 e. The Morgan fingerprint density at radius 1 is 1.18 bits per heavy atom. The molecule has 0 spiro atoms. The molecule has 1 N–H and O–H groups in total. The molecule has 0 saturated carbocycles. The number of unbranched alkanes of at least 4 members (excludes halogenated alkanes) is 6. The van der Waals surface area contributed by atoms with Crippen LogP contribution in [-0.2, 0) is 7.05 Å². The van der Waals surface area contributed by atoms with Gasteiger partial charge in [0.2, 0.25) is 0 Å². The number of hydrogen-bond acceptors (Lipinski definition) is 2. The van der Waals surface area contributed by atoms with Crippen molar-refractivity contribution in [3.05, 3.63) is 30.1 Å². The van der Waals surface area contributed by atoms with Crippen LogP contribution in [0.5, 0.6) is 0 Å². The maximum absolute atomic E-state index is 11.9. The third kappa shape index (κ3) is 7.91. The zero-order valence-corrected chi connectivity index (χ0v) is 14.3. The summed E-state index contributed by atoms with van der Waals surface area (Å²) in [6, 6.07) is 3.64. The molecular formula is C18H30N3O+. The molecule has 0 unspecified atom stereocenters. The fraction of sp³-hybridized carbons (Fsp3) is 0.611. The molecule has 0 aliphatic carbocycles. The highest BCUT2D eigenvalue weighted by atomic mass is 16.2. The third-order valence-corrected chi connectivity index (χ3v) is 3.69. The highest BCUT2D eigenvalue weighted by Crippen LogP contribution is 2.08. The number of pyridine rings is 1. The molecule has 0 aliphatic rings. The number of rotatable bonds is 10. The minimum absolute atomic E-state index is 0.157. The second-order valence-electron chi connectivity index (χ2n) is 5.92. The first-order valence-electron chi connectivity index (χ1n) is 8.42. The minimum atomic E-state index is -0.157. The van der Waals surface area contributed by atoms with Crippen molar-refractivity contribution in [1.29, 1.82) is 0 Å². The maximum atomic E-state index is 11.9. The fourth-order valence-corrected chi connectivity index (χ4v) is 2.33. The minimum Gasteiger partial charge on any atom is -0.267 e. The molecular weight excluding hydrogens is 274 g/mol. The molecule has 0 fully saturated rings. The normalized spacial score (nSPS) is 11.5. The van der Waals surface area contributed by atoms with Crippen molar-refractivity contribution in [3.8, 4) is 0 Å². The number of aryl methyl sites for hydroxylation is 1. The SMILES string of the molecule is CCCCCCCCCC(C)=NNC(=O)c1ccc[n+](C)c1. The van der Waals surface area contributed by atoms with Crippen LogP contribution in [0.3, 0.4) is 0 Å². The van der Waals surface area contributed by atoms with E-state index in [1.807, 2.05) is 30.8 Å². The molecule has 0 aliphatic heterocycles. The standard InChI is InChI=1S/C18H29N3O/c1-4-5-6-7-8-9-10-12-16(2)19-20-18(22)17-13-11-14-21(3)15-17/h11,13-15H,4-10,12H2,1-3H3/p+1. The summed E-state index contributed by atoms with van der Waals surface area (Å²) >= 11 is 0. The smallest absolute Gasteiger partial charge is 0.267 e. The van der Waals surface area contributed by atoms with E-state index in [0.29, 0.717) is 5.56 Å². The molecule has 1 aromatic rings. The molecule has 1 rings (SSSR count). The van der Waals surface area contributed by atoms with E-state index in [2.05, 4.69) is 17.5 Å². The zero-order valence-electron chi connectivity index (χ0n) is 14.3. The van der Waals surface area contributed by atoms with Crippen molar-refractivity contribution in [2.45, 2.75) is 65.2 Å². The first-order chi connectivity index (χ1) is 10.6. The number of hydrazone groups is 1.